The van der Waals surface area contributed by atoms with Gasteiger partial charge in [-0.2, -0.15) is 0 Å². The smallest absolute Gasteiger partial charge is 0.260 e. The summed E-state index contributed by atoms with van der Waals surface area (Å²) in [5, 5.41) is 15.6. The molecule has 0 saturated heterocycles. The number of aromatic nitrogens is 3. The molecule has 1 aromatic carbocycles. The zero-order valence-electron chi connectivity index (χ0n) is 16.2. The third kappa shape index (κ3) is 3.51. The van der Waals surface area contributed by atoms with Gasteiger partial charge in [0, 0.05) is 35.5 Å². The van der Waals surface area contributed by atoms with Crippen molar-refractivity contribution in [2.45, 2.75) is 32.4 Å². The molecular formula is C23H24N4O2. The molecule has 5 rings (SSSR count). The van der Waals surface area contributed by atoms with Crippen molar-refractivity contribution in [1.29, 1.82) is 0 Å². The van der Waals surface area contributed by atoms with Gasteiger partial charge in [0.2, 0.25) is 0 Å². The number of hydrogen-bond donors (Lipinski definition) is 3. The SMILES string of the molecule is O=c1c2cncc(O)c2ccn1Cc1ccc2cc(CNCC3CCC3)[nH]c2c1. The first kappa shape index (κ1) is 17.9. The van der Waals surface area contributed by atoms with Crippen molar-refractivity contribution in [3.8, 4) is 5.75 Å². The minimum absolute atomic E-state index is 0.0259. The predicted molar refractivity (Wildman–Crippen MR) is 114 cm³/mol. The van der Waals surface area contributed by atoms with E-state index in [1.165, 1.54) is 42.7 Å². The zero-order valence-corrected chi connectivity index (χ0v) is 16.2. The van der Waals surface area contributed by atoms with Crippen LogP contribution in [0.5, 0.6) is 5.75 Å². The van der Waals surface area contributed by atoms with Gasteiger partial charge in [-0.15, -0.1) is 0 Å². The highest BCUT2D eigenvalue weighted by Gasteiger charge is 2.16. The average molecular weight is 388 g/mol. The summed E-state index contributed by atoms with van der Waals surface area (Å²) in [6.45, 7) is 2.41. The minimum Gasteiger partial charge on any atom is -0.506 e. The van der Waals surface area contributed by atoms with Crippen molar-refractivity contribution in [2.24, 2.45) is 5.92 Å². The number of benzene rings is 1. The summed E-state index contributed by atoms with van der Waals surface area (Å²) >= 11 is 0. The van der Waals surface area contributed by atoms with Crippen LogP contribution in [0.1, 0.15) is 30.5 Å². The number of pyridine rings is 2. The minimum atomic E-state index is -0.154. The molecule has 0 atom stereocenters. The summed E-state index contributed by atoms with van der Waals surface area (Å²) in [6.07, 6.45) is 8.66. The summed E-state index contributed by atoms with van der Waals surface area (Å²) in [6, 6.07) is 10.2. The molecule has 0 bridgehead atoms. The van der Waals surface area contributed by atoms with E-state index in [1.807, 2.05) is 0 Å². The van der Waals surface area contributed by atoms with Crippen LogP contribution in [0.2, 0.25) is 0 Å². The molecule has 0 radical (unpaired) electrons. The Morgan fingerprint density at radius 1 is 1.17 bits per heavy atom. The number of hydrogen-bond acceptors (Lipinski definition) is 4. The number of aromatic amines is 1. The predicted octanol–water partition coefficient (Wildman–Crippen LogP) is 3.52. The number of fused-ring (bicyclic) bond motifs is 2. The second-order valence-electron chi connectivity index (χ2n) is 8.01. The van der Waals surface area contributed by atoms with Crippen LogP contribution < -0.4 is 10.9 Å². The lowest BCUT2D eigenvalue weighted by Gasteiger charge is -2.25. The maximum atomic E-state index is 12.8. The molecule has 1 fully saturated rings. The summed E-state index contributed by atoms with van der Waals surface area (Å²) in [5.41, 5.74) is 3.15. The Morgan fingerprint density at radius 2 is 2.07 bits per heavy atom. The highest BCUT2D eigenvalue weighted by atomic mass is 16.3. The quantitative estimate of drug-likeness (QED) is 0.472. The molecule has 3 heterocycles. The fourth-order valence-corrected chi connectivity index (χ4v) is 4.05. The topological polar surface area (TPSA) is 82.9 Å². The van der Waals surface area contributed by atoms with Crippen LogP contribution >= 0.6 is 0 Å². The molecule has 1 aliphatic carbocycles. The molecule has 3 N–H and O–H groups in total. The molecule has 6 heteroatoms. The van der Waals surface area contributed by atoms with Crippen molar-refractivity contribution in [3.05, 3.63) is 70.5 Å². The third-order valence-corrected chi connectivity index (χ3v) is 5.95. The van der Waals surface area contributed by atoms with Crippen molar-refractivity contribution >= 4 is 21.7 Å². The van der Waals surface area contributed by atoms with E-state index in [2.05, 4.69) is 39.6 Å². The van der Waals surface area contributed by atoms with Crippen LogP contribution in [0.4, 0.5) is 0 Å². The normalized spacial score (nSPS) is 14.5. The monoisotopic (exact) mass is 388 g/mol. The van der Waals surface area contributed by atoms with Gasteiger partial charge >= 0.3 is 0 Å². The Labute approximate surface area is 168 Å². The van der Waals surface area contributed by atoms with E-state index in [9.17, 15) is 9.90 Å². The fourth-order valence-electron chi connectivity index (χ4n) is 4.05. The van der Waals surface area contributed by atoms with Crippen molar-refractivity contribution in [2.75, 3.05) is 6.54 Å². The van der Waals surface area contributed by atoms with Gasteiger partial charge in [-0.3, -0.25) is 9.78 Å². The molecule has 1 saturated carbocycles. The first-order valence-corrected chi connectivity index (χ1v) is 10.1. The van der Waals surface area contributed by atoms with E-state index >= 15 is 0 Å². The first-order valence-electron chi connectivity index (χ1n) is 10.1. The van der Waals surface area contributed by atoms with Crippen LogP contribution in [0.3, 0.4) is 0 Å². The van der Waals surface area contributed by atoms with Crippen LogP contribution in [-0.4, -0.2) is 26.2 Å². The Balaban J connectivity index is 1.36. The number of nitrogens with one attached hydrogen (secondary N) is 2. The standard InChI is InChI=1S/C23H24N4O2/c28-22-13-25-12-20-19(22)6-7-27(23(20)29)14-16-4-5-17-9-18(26-21(17)8-16)11-24-10-15-2-1-3-15/h4-9,12-13,15,24,26,28H,1-3,10-11,14H2. The average Bonchev–Trinajstić information content (AvgIpc) is 3.08. The molecule has 0 unspecified atom stereocenters. The van der Waals surface area contributed by atoms with Gasteiger partial charge in [-0.1, -0.05) is 18.6 Å². The first-order chi connectivity index (χ1) is 14.2. The van der Waals surface area contributed by atoms with Crippen molar-refractivity contribution < 1.29 is 5.11 Å². The highest BCUT2D eigenvalue weighted by molar-refractivity contribution is 5.86. The number of rotatable bonds is 6. The Morgan fingerprint density at radius 3 is 2.90 bits per heavy atom. The maximum Gasteiger partial charge on any atom is 0.260 e. The van der Waals surface area contributed by atoms with Crippen LogP contribution in [0, 0.1) is 5.92 Å². The Bertz CT molecular complexity index is 1240. The lowest BCUT2D eigenvalue weighted by Crippen LogP contribution is -2.26. The summed E-state index contributed by atoms with van der Waals surface area (Å²) in [4.78, 5) is 20.2. The van der Waals surface area contributed by atoms with Gasteiger partial charge in [-0.05, 0) is 54.5 Å². The molecular weight excluding hydrogens is 364 g/mol. The third-order valence-electron chi connectivity index (χ3n) is 5.95. The van der Waals surface area contributed by atoms with Gasteiger partial charge in [0.25, 0.3) is 5.56 Å². The molecule has 6 nitrogen and oxygen atoms in total. The van der Waals surface area contributed by atoms with Crippen LogP contribution in [0.15, 0.2) is 53.7 Å². The second-order valence-corrected chi connectivity index (χ2v) is 8.01. The molecule has 1 aliphatic rings. The number of aromatic hydroxyl groups is 1. The Kier molecular flexibility index (Phi) is 4.56. The summed E-state index contributed by atoms with van der Waals surface area (Å²) in [7, 11) is 0. The van der Waals surface area contributed by atoms with E-state index in [0.29, 0.717) is 17.3 Å². The van der Waals surface area contributed by atoms with Gasteiger partial charge in [0.05, 0.1) is 18.1 Å². The molecule has 0 amide bonds. The van der Waals surface area contributed by atoms with E-state index in [4.69, 9.17) is 0 Å². The van der Waals surface area contributed by atoms with Crippen LogP contribution in [0.25, 0.3) is 21.7 Å². The molecule has 148 valence electrons. The van der Waals surface area contributed by atoms with Crippen molar-refractivity contribution in [3.63, 3.8) is 0 Å². The highest BCUT2D eigenvalue weighted by Crippen LogP contribution is 2.25. The fraction of sp³-hybridized carbons (Fsp3) is 0.304. The summed E-state index contributed by atoms with van der Waals surface area (Å²) < 4.78 is 1.65. The Hall–Kier alpha value is -3.12. The lowest BCUT2D eigenvalue weighted by molar-refractivity contribution is 0.301. The molecule has 0 aliphatic heterocycles. The lowest BCUT2D eigenvalue weighted by atomic mass is 9.85. The molecule has 29 heavy (non-hydrogen) atoms. The summed E-state index contributed by atoms with van der Waals surface area (Å²) in [5.74, 6) is 0.876. The van der Waals surface area contributed by atoms with E-state index in [-0.39, 0.29) is 11.3 Å². The maximum absolute atomic E-state index is 12.8. The zero-order chi connectivity index (χ0) is 19.8. The molecule has 4 aromatic rings. The van der Waals surface area contributed by atoms with E-state index in [1.54, 1.807) is 16.8 Å². The van der Waals surface area contributed by atoms with Gasteiger partial charge in [-0.25, -0.2) is 0 Å². The molecule has 3 aromatic heterocycles. The molecule has 0 spiro atoms. The number of H-pyrrole nitrogens is 1. The van der Waals surface area contributed by atoms with E-state index < -0.39 is 0 Å². The second kappa shape index (κ2) is 7.37. The van der Waals surface area contributed by atoms with Gasteiger partial charge < -0.3 is 20.0 Å². The largest absolute Gasteiger partial charge is 0.506 e. The van der Waals surface area contributed by atoms with Crippen molar-refractivity contribution in [1.82, 2.24) is 19.9 Å². The van der Waals surface area contributed by atoms with Gasteiger partial charge in [0.15, 0.2) is 0 Å². The number of nitrogens with zero attached hydrogens (tertiary/aromatic N) is 2. The van der Waals surface area contributed by atoms with E-state index in [0.717, 1.165) is 30.1 Å². The van der Waals surface area contributed by atoms with Crippen LogP contribution in [-0.2, 0) is 13.1 Å². The van der Waals surface area contributed by atoms with Gasteiger partial charge in [0.1, 0.15) is 5.75 Å².